The third kappa shape index (κ3) is 3.24. The summed E-state index contributed by atoms with van der Waals surface area (Å²) < 4.78 is 10.5. The van der Waals surface area contributed by atoms with Gasteiger partial charge in [-0.3, -0.25) is 0 Å². The predicted molar refractivity (Wildman–Crippen MR) is 69.3 cm³/mol. The number of carboxylic acid groups (broad SMARTS) is 1. The Hall–Kier alpha value is -2.01. The Morgan fingerprint density at radius 2 is 2.11 bits per heavy atom. The largest absolute Gasteiger partial charge is 0.493 e. The van der Waals surface area contributed by atoms with E-state index in [4.69, 9.17) is 14.3 Å². The molecule has 0 bridgehead atoms. The van der Waals surface area contributed by atoms with Crippen molar-refractivity contribution in [2.45, 2.75) is 6.92 Å². The minimum absolute atomic E-state index is 0.0721. The molecule has 0 aliphatic carbocycles. The van der Waals surface area contributed by atoms with Crippen molar-refractivity contribution in [1.82, 2.24) is 5.32 Å². The molecule has 1 heterocycles. The van der Waals surface area contributed by atoms with E-state index in [1.165, 1.54) is 6.07 Å². The average Bonchev–Trinajstić information content (AvgIpc) is 2.75. The highest BCUT2D eigenvalue weighted by Crippen LogP contribution is 2.28. The van der Waals surface area contributed by atoms with Crippen molar-refractivity contribution in [2.75, 3.05) is 20.7 Å². The summed E-state index contributed by atoms with van der Waals surface area (Å²) in [4.78, 5) is 10.7. The molecular formula is C13H17NO4. The van der Waals surface area contributed by atoms with E-state index in [1.807, 2.05) is 21.0 Å². The van der Waals surface area contributed by atoms with Gasteiger partial charge in [-0.25, -0.2) is 4.79 Å². The van der Waals surface area contributed by atoms with E-state index in [2.05, 4.69) is 5.32 Å². The van der Waals surface area contributed by atoms with Crippen molar-refractivity contribution in [2.24, 2.45) is 0 Å². The molecule has 1 aromatic carbocycles. The molecule has 5 nitrogen and oxygen atoms in total. The lowest BCUT2D eigenvalue weighted by atomic mass is 10.2. The zero-order chi connectivity index (χ0) is 13.5. The van der Waals surface area contributed by atoms with Crippen LogP contribution >= 0.6 is 0 Å². The molecular weight excluding hydrogens is 234 g/mol. The second kappa shape index (κ2) is 6.66. The molecule has 0 unspecified atom stereocenters. The first-order valence-corrected chi connectivity index (χ1v) is 5.61. The van der Waals surface area contributed by atoms with Gasteiger partial charge in [-0.05, 0) is 33.2 Å². The summed E-state index contributed by atoms with van der Waals surface area (Å²) in [6.45, 7) is 2.41. The highest BCUT2D eigenvalue weighted by Gasteiger charge is 2.12. The summed E-state index contributed by atoms with van der Waals surface area (Å²) in [7, 11) is 3.75. The normalized spacial score (nSPS) is 9.72. The molecule has 0 aliphatic rings. The van der Waals surface area contributed by atoms with Crippen LogP contribution in [0.2, 0.25) is 0 Å². The number of hydrogen-bond acceptors (Lipinski definition) is 4. The zero-order valence-corrected chi connectivity index (χ0v) is 10.7. The Balaban J connectivity index is 0.000000492. The lowest BCUT2D eigenvalue weighted by Crippen LogP contribution is -1.92. The van der Waals surface area contributed by atoms with Gasteiger partial charge in [0.25, 0.3) is 0 Å². The number of nitrogens with one attached hydrogen (secondary N) is 1. The lowest BCUT2D eigenvalue weighted by Gasteiger charge is -2.02. The first-order valence-electron chi connectivity index (χ1n) is 5.61. The Morgan fingerprint density at radius 1 is 1.44 bits per heavy atom. The number of carboxylic acids is 1. The molecule has 0 atom stereocenters. The Morgan fingerprint density at radius 3 is 2.67 bits per heavy atom. The summed E-state index contributed by atoms with van der Waals surface area (Å²) in [5.74, 6) is -0.503. The van der Waals surface area contributed by atoms with Crippen LogP contribution in [-0.4, -0.2) is 31.8 Å². The Labute approximate surface area is 105 Å². The number of aromatic carboxylic acids is 1. The fraction of sp³-hybridized carbons (Fsp3) is 0.308. The van der Waals surface area contributed by atoms with Crippen molar-refractivity contribution < 1.29 is 19.1 Å². The quantitative estimate of drug-likeness (QED) is 0.876. The van der Waals surface area contributed by atoms with Gasteiger partial charge in [0.1, 0.15) is 11.3 Å². The van der Waals surface area contributed by atoms with Gasteiger partial charge in [-0.2, -0.15) is 0 Å². The lowest BCUT2D eigenvalue weighted by molar-refractivity contribution is 0.0665. The van der Waals surface area contributed by atoms with Crippen molar-refractivity contribution in [3.8, 4) is 5.75 Å². The molecule has 0 saturated carbocycles. The van der Waals surface area contributed by atoms with Crippen LogP contribution in [0.3, 0.4) is 0 Å². The van der Waals surface area contributed by atoms with Crippen molar-refractivity contribution in [3.63, 3.8) is 0 Å². The highest BCUT2D eigenvalue weighted by molar-refractivity contribution is 5.93. The molecule has 18 heavy (non-hydrogen) atoms. The summed E-state index contributed by atoms with van der Waals surface area (Å²) in [6.07, 6.45) is 0. The molecule has 5 heteroatoms. The van der Waals surface area contributed by atoms with E-state index in [1.54, 1.807) is 18.2 Å². The van der Waals surface area contributed by atoms with Crippen LogP contribution in [0.1, 0.15) is 17.5 Å². The van der Waals surface area contributed by atoms with Crippen LogP contribution in [-0.2, 0) is 0 Å². The smallest absolute Gasteiger partial charge is 0.371 e. The molecule has 2 N–H and O–H groups in total. The number of ether oxygens (including phenoxy) is 1. The number of furan rings is 1. The SMILES string of the molecule is CCOc1cccc2oc(C(=O)O)cc12.CNC. The third-order valence-electron chi connectivity index (χ3n) is 2.03. The summed E-state index contributed by atoms with van der Waals surface area (Å²) in [5, 5.41) is 12.2. The van der Waals surface area contributed by atoms with E-state index in [0.29, 0.717) is 23.3 Å². The number of fused-ring (bicyclic) bond motifs is 1. The zero-order valence-electron chi connectivity index (χ0n) is 10.7. The minimum atomic E-state index is -1.08. The maximum absolute atomic E-state index is 10.7. The van der Waals surface area contributed by atoms with Gasteiger partial charge in [0.15, 0.2) is 0 Å². The maximum atomic E-state index is 10.7. The van der Waals surface area contributed by atoms with E-state index in [-0.39, 0.29) is 5.76 Å². The topological polar surface area (TPSA) is 71.7 Å². The number of rotatable bonds is 3. The molecule has 0 radical (unpaired) electrons. The standard InChI is InChI=1S/C11H10O4.C2H7N/c1-2-14-8-4-3-5-9-7(8)6-10(15-9)11(12)13;1-3-2/h3-6H,2H2,1H3,(H,12,13);3H,1-2H3. The second-order valence-corrected chi connectivity index (χ2v) is 3.52. The summed E-state index contributed by atoms with van der Waals surface area (Å²) in [6, 6.07) is 6.74. The highest BCUT2D eigenvalue weighted by atomic mass is 16.5. The van der Waals surface area contributed by atoms with Crippen LogP contribution in [0.4, 0.5) is 0 Å². The third-order valence-corrected chi connectivity index (χ3v) is 2.03. The molecule has 0 aliphatic heterocycles. The number of hydrogen-bond donors (Lipinski definition) is 2. The van der Waals surface area contributed by atoms with Gasteiger partial charge in [0.2, 0.25) is 5.76 Å². The van der Waals surface area contributed by atoms with Crippen LogP contribution in [0.5, 0.6) is 5.75 Å². The van der Waals surface area contributed by atoms with Crippen LogP contribution < -0.4 is 10.1 Å². The van der Waals surface area contributed by atoms with Gasteiger partial charge in [-0.15, -0.1) is 0 Å². The molecule has 2 aromatic rings. The van der Waals surface area contributed by atoms with E-state index < -0.39 is 5.97 Å². The second-order valence-electron chi connectivity index (χ2n) is 3.52. The fourth-order valence-electron chi connectivity index (χ4n) is 1.42. The summed E-state index contributed by atoms with van der Waals surface area (Å²) >= 11 is 0. The molecule has 0 saturated heterocycles. The predicted octanol–water partition coefficient (Wildman–Crippen LogP) is 2.37. The Kier molecular flexibility index (Phi) is 5.20. The Bertz CT molecular complexity index is 519. The number of benzene rings is 1. The maximum Gasteiger partial charge on any atom is 0.371 e. The molecule has 0 spiro atoms. The number of carbonyl (C=O) groups is 1. The van der Waals surface area contributed by atoms with Gasteiger partial charge in [-0.1, -0.05) is 6.07 Å². The summed E-state index contributed by atoms with van der Waals surface area (Å²) in [5.41, 5.74) is 0.526. The van der Waals surface area contributed by atoms with Crippen LogP contribution in [0.15, 0.2) is 28.7 Å². The van der Waals surface area contributed by atoms with Gasteiger partial charge < -0.3 is 19.6 Å². The molecule has 2 rings (SSSR count). The average molecular weight is 251 g/mol. The van der Waals surface area contributed by atoms with Crippen molar-refractivity contribution in [1.29, 1.82) is 0 Å². The van der Waals surface area contributed by atoms with Gasteiger partial charge >= 0.3 is 5.97 Å². The molecule has 98 valence electrons. The fourth-order valence-corrected chi connectivity index (χ4v) is 1.42. The first kappa shape index (κ1) is 14.1. The van der Waals surface area contributed by atoms with E-state index >= 15 is 0 Å². The van der Waals surface area contributed by atoms with Crippen molar-refractivity contribution in [3.05, 3.63) is 30.0 Å². The molecule has 0 fully saturated rings. The van der Waals surface area contributed by atoms with E-state index in [9.17, 15) is 4.79 Å². The molecule has 1 aromatic heterocycles. The minimum Gasteiger partial charge on any atom is -0.493 e. The van der Waals surface area contributed by atoms with Gasteiger partial charge in [0, 0.05) is 6.07 Å². The monoisotopic (exact) mass is 251 g/mol. The molecule has 0 amide bonds. The first-order chi connectivity index (χ1) is 8.63. The van der Waals surface area contributed by atoms with Crippen molar-refractivity contribution >= 4 is 16.9 Å². The van der Waals surface area contributed by atoms with Crippen LogP contribution in [0, 0.1) is 0 Å². The van der Waals surface area contributed by atoms with E-state index in [0.717, 1.165) is 0 Å². The van der Waals surface area contributed by atoms with Crippen LogP contribution in [0.25, 0.3) is 11.0 Å². The van der Waals surface area contributed by atoms with Gasteiger partial charge in [0.05, 0.1) is 12.0 Å².